The van der Waals surface area contributed by atoms with Gasteiger partial charge in [-0.2, -0.15) is 0 Å². The van der Waals surface area contributed by atoms with Gasteiger partial charge < -0.3 is 5.11 Å². The number of benzene rings is 2. The maximum atomic E-state index is 13.0. The molecule has 96 valence electrons. The molecule has 0 unspecified atom stereocenters. The first kappa shape index (κ1) is 13.0. The normalized spacial score (nSPS) is 11.4. The highest BCUT2D eigenvalue weighted by atomic mass is 19.1. The minimum Gasteiger partial charge on any atom is -0.872 e. The van der Waals surface area contributed by atoms with Gasteiger partial charge in [-0.25, -0.2) is 8.78 Å². The Morgan fingerprint density at radius 1 is 0.947 bits per heavy atom. The third-order valence-electron chi connectivity index (χ3n) is 2.47. The fourth-order valence-corrected chi connectivity index (χ4v) is 1.58. The fraction of sp³-hybridized carbons (Fsp3) is 0. The second-order valence-electron chi connectivity index (χ2n) is 3.90. The molecule has 2 aromatic carbocycles. The van der Waals surface area contributed by atoms with Crippen molar-refractivity contribution in [2.24, 2.45) is 0 Å². The molecule has 0 heterocycles. The number of hydrogen-bond acceptors (Lipinski definition) is 2. The summed E-state index contributed by atoms with van der Waals surface area (Å²) in [4.78, 5) is 11.7. The summed E-state index contributed by atoms with van der Waals surface area (Å²) in [6, 6.07) is 10.6. The number of rotatable bonds is 3. The van der Waals surface area contributed by atoms with Crippen molar-refractivity contribution in [2.45, 2.75) is 0 Å². The van der Waals surface area contributed by atoms with Crippen molar-refractivity contribution in [2.75, 3.05) is 0 Å². The quantitative estimate of drug-likeness (QED) is 0.483. The molecule has 0 aliphatic heterocycles. The van der Waals surface area contributed by atoms with Crippen LogP contribution in [0.5, 0.6) is 0 Å². The Kier molecular flexibility index (Phi) is 3.71. The van der Waals surface area contributed by atoms with E-state index in [1.807, 2.05) is 0 Å². The number of ketones is 1. The van der Waals surface area contributed by atoms with Gasteiger partial charge in [0.15, 0.2) is 5.78 Å². The van der Waals surface area contributed by atoms with Crippen LogP contribution in [0.2, 0.25) is 0 Å². The first-order chi connectivity index (χ1) is 9.06. The molecule has 19 heavy (non-hydrogen) atoms. The minimum absolute atomic E-state index is 0.193. The molecule has 0 amide bonds. The highest BCUT2D eigenvalue weighted by Gasteiger charge is 2.03. The summed E-state index contributed by atoms with van der Waals surface area (Å²) in [5.74, 6) is -2.95. The summed E-state index contributed by atoms with van der Waals surface area (Å²) in [7, 11) is 0. The van der Waals surface area contributed by atoms with E-state index < -0.39 is 23.2 Å². The van der Waals surface area contributed by atoms with Crippen LogP contribution in [0.3, 0.4) is 0 Å². The van der Waals surface area contributed by atoms with Crippen molar-refractivity contribution in [3.63, 3.8) is 0 Å². The summed E-state index contributed by atoms with van der Waals surface area (Å²) in [5.41, 5.74) is 0.148. The molecule has 0 radical (unpaired) electrons. The van der Waals surface area contributed by atoms with Gasteiger partial charge in [-0.3, -0.25) is 4.79 Å². The molecular formula is C15H9F2O2-. The zero-order valence-electron chi connectivity index (χ0n) is 9.77. The molecule has 0 saturated carbocycles. The molecule has 2 nitrogen and oxygen atoms in total. The Hall–Kier alpha value is -2.49. The average molecular weight is 259 g/mol. The zero-order valence-corrected chi connectivity index (χ0v) is 9.77. The molecule has 0 bridgehead atoms. The maximum absolute atomic E-state index is 13.0. The third-order valence-corrected chi connectivity index (χ3v) is 2.47. The second kappa shape index (κ2) is 5.44. The SMILES string of the molecule is O=C(/C=C(\[O-])c1cc(F)cc(F)c1)c1ccccc1. The van der Waals surface area contributed by atoms with Gasteiger partial charge in [-0.1, -0.05) is 36.1 Å². The molecule has 0 aromatic heterocycles. The number of carbonyl (C=O) groups excluding carboxylic acids is 1. The lowest BCUT2D eigenvalue weighted by Gasteiger charge is -2.12. The molecule has 2 rings (SSSR count). The van der Waals surface area contributed by atoms with E-state index in [1.165, 1.54) is 0 Å². The van der Waals surface area contributed by atoms with Gasteiger partial charge in [-0.05, 0) is 23.8 Å². The lowest BCUT2D eigenvalue weighted by Crippen LogP contribution is -2.07. The van der Waals surface area contributed by atoms with Crippen LogP contribution in [0.1, 0.15) is 15.9 Å². The first-order valence-corrected chi connectivity index (χ1v) is 5.51. The Balaban J connectivity index is 2.30. The van der Waals surface area contributed by atoms with E-state index in [0.29, 0.717) is 11.6 Å². The lowest BCUT2D eigenvalue weighted by molar-refractivity contribution is -0.243. The Bertz CT molecular complexity index is 614. The average Bonchev–Trinajstić information content (AvgIpc) is 2.38. The van der Waals surface area contributed by atoms with E-state index in [0.717, 1.165) is 18.2 Å². The van der Waals surface area contributed by atoms with Crippen molar-refractivity contribution in [1.29, 1.82) is 0 Å². The van der Waals surface area contributed by atoms with Crippen molar-refractivity contribution < 1.29 is 18.7 Å². The van der Waals surface area contributed by atoms with E-state index in [-0.39, 0.29) is 5.56 Å². The Morgan fingerprint density at radius 3 is 2.11 bits per heavy atom. The van der Waals surface area contributed by atoms with Gasteiger partial charge >= 0.3 is 0 Å². The Labute approximate surface area is 108 Å². The monoisotopic (exact) mass is 259 g/mol. The van der Waals surface area contributed by atoms with Crippen molar-refractivity contribution in [3.8, 4) is 0 Å². The van der Waals surface area contributed by atoms with Gasteiger partial charge in [0, 0.05) is 11.6 Å². The van der Waals surface area contributed by atoms with Crippen molar-refractivity contribution in [1.82, 2.24) is 0 Å². The number of carbonyl (C=O) groups is 1. The van der Waals surface area contributed by atoms with Gasteiger partial charge in [0.2, 0.25) is 0 Å². The van der Waals surface area contributed by atoms with Gasteiger partial charge in [0.25, 0.3) is 0 Å². The number of allylic oxidation sites excluding steroid dienone is 1. The van der Waals surface area contributed by atoms with Crippen LogP contribution in [-0.2, 0) is 0 Å². The van der Waals surface area contributed by atoms with Crippen LogP contribution in [-0.4, -0.2) is 5.78 Å². The number of halogens is 2. The second-order valence-corrected chi connectivity index (χ2v) is 3.90. The lowest BCUT2D eigenvalue weighted by atomic mass is 10.1. The van der Waals surface area contributed by atoms with Gasteiger partial charge in [-0.15, -0.1) is 0 Å². The Morgan fingerprint density at radius 2 is 1.53 bits per heavy atom. The topological polar surface area (TPSA) is 40.1 Å². The summed E-state index contributed by atoms with van der Waals surface area (Å²) in [5, 5.41) is 11.7. The fourth-order valence-electron chi connectivity index (χ4n) is 1.58. The van der Waals surface area contributed by atoms with E-state index in [4.69, 9.17) is 0 Å². The maximum Gasteiger partial charge on any atom is 0.185 e. The predicted molar refractivity (Wildman–Crippen MR) is 65.1 cm³/mol. The molecule has 0 fully saturated rings. The van der Waals surface area contributed by atoms with Crippen LogP contribution >= 0.6 is 0 Å². The first-order valence-electron chi connectivity index (χ1n) is 5.51. The molecule has 0 spiro atoms. The van der Waals surface area contributed by atoms with Gasteiger partial charge in [0.1, 0.15) is 11.6 Å². The largest absolute Gasteiger partial charge is 0.872 e. The molecule has 0 aliphatic carbocycles. The van der Waals surface area contributed by atoms with E-state index >= 15 is 0 Å². The smallest absolute Gasteiger partial charge is 0.185 e. The molecule has 0 aliphatic rings. The van der Waals surface area contributed by atoms with E-state index in [1.54, 1.807) is 30.3 Å². The van der Waals surface area contributed by atoms with Crippen LogP contribution in [0.25, 0.3) is 5.76 Å². The van der Waals surface area contributed by atoms with Crippen LogP contribution in [0, 0.1) is 11.6 Å². The molecule has 4 heteroatoms. The van der Waals surface area contributed by atoms with E-state index in [2.05, 4.69) is 0 Å². The summed E-state index contributed by atoms with van der Waals surface area (Å²) in [6.07, 6.45) is 0.823. The van der Waals surface area contributed by atoms with Crippen molar-refractivity contribution in [3.05, 3.63) is 77.4 Å². The summed E-state index contributed by atoms with van der Waals surface area (Å²) >= 11 is 0. The highest BCUT2D eigenvalue weighted by molar-refractivity contribution is 6.07. The number of hydrogen-bond donors (Lipinski definition) is 0. The molecule has 0 N–H and O–H groups in total. The molecule has 0 saturated heterocycles. The van der Waals surface area contributed by atoms with E-state index in [9.17, 15) is 18.7 Å². The van der Waals surface area contributed by atoms with Crippen LogP contribution in [0.4, 0.5) is 8.78 Å². The van der Waals surface area contributed by atoms with Crippen molar-refractivity contribution >= 4 is 11.5 Å². The van der Waals surface area contributed by atoms with Gasteiger partial charge in [0.05, 0.1) is 0 Å². The van der Waals surface area contributed by atoms with Crippen LogP contribution < -0.4 is 5.11 Å². The highest BCUT2D eigenvalue weighted by Crippen LogP contribution is 2.14. The summed E-state index contributed by atoms with van der Waals surface area (Å²) in [6.45, 7) is 0. The standard InChI is InChI=1S/C15H10F2O2/c16-12-6-11(7-13(17)8-12)15(19)9-14(18)10-4-2-1-3-5-10/h1-9,19H/p-1/b15-9-. The summed E-state index contributed by atoms with van der Waals surface area (Å²) < 4.78 is 25.9. The zero-order chi connectivity index (χ0) is 13.8. The van der Waals surface area contributed by atoms with Crippen LogP contribution in [0.15, 0.2) is 54.6 Å². The molecular weight excluding hydrogens is 250 g/mol. The predicted octanol–water partition coefficient (Wildman–Crippen LogP) is 2.55. The third kappa shape index (κ3) is 3.25. The molecule has 0 atom stereocenters. The molecule has 2 aromatic rings. The minimum atomic E-state index is -0.857.